The topological polar surface area (TPSA) is 83.7 Å². The number of anilines is 1. The summed E-state index contributed by atoms with van der Waals surface area (Å²) in [6.45, 7) is 0.414. The number of hydrogen-bond acceptors (Lipinski definition) is 4. The van der Waals surface area contributed by atoms with Crippen molar-refractivity contribution in [3.63, 3.8) is 0 Å². The highest BCUT2D eigenvalue weighted by atomic mass is 19.4. The first-order chi connectivity index (χ1) is 10.2. The average molecular weight is 318 g/mol. The number of benzene rings is 1. The lowest BCUT2D eigenvalue weighted by atomic mass is 9.97. The number of piperidine rings is 1. The Morgan fingerprint density at radius 2 is 2.09 bits per heavy atom. The monoisotopic (exact) mass is 318 g/mol. The molecule has 2 rings (SSSR count). The van der Waals surface area contributed by atoms with Crippen molar-refractivity contribution in [2.24, 2.45) is 5.92 Å². The van der Waals surface area contributed by atoms with E-state index < -0.39 is 34.2 Å². The van der Waals surface area contributed by atoms with Gasteiger partial charge in [0.05, 0.1) is 16.4 Å². The molecule has 1 aromatic carbocycles. The van der Waals surface area contributed by atoms with Gasteiger partial charge in [0.15, 0.2) is 0 Å². The minimum Gasteiger partial charge on any atom is -0.481 e. The van der Waals surface area contributed by atoms with Crippen molar-refractivity contribution in [2.75, 3.05) is 18.0 Å². The highest BCUT2D eigenvalue weighted by Gasteiger charge is 2.35. The summed E-state index contributed by atoms with van der Waals surface area (Å²) in [6, 6.07) is 2.29. The maximum Gasteiger partial charge on any atom is 0.416 e. The number of carboxylic acids is 1. The fraction of sp³-hybridized carbons (Fsp3) is 0.462. The van der Waals surface area contributed by atoms with Crippen LogP contribution in [-0.4, -0.2) is 29.1 Å². The van der Waals surface area contributed by atoms with E-state index in [1.54, 1.807) is 0 Å². The number of rotatable bonds is 3. The lowest BCUT2D eigenvalue weighted by Crippen LogP contribution is -2.39. The minimum absolute atomic E-state index is 0.0175. The molecule has 1 aliphatic rings. The molecule has 1 saturated heterocycles. The van der Waals surface area contributed by atoms with Gasteiger partial charge in [0.25, 0.3) is 5.69 Å². The molecular formula is C13H13F3N2O4. The Morgan fingerprint density at radius 1 is 1.41 bits per heavy atom. The third-order valence-electron chi connectivity index (χ3n) is 3.61. The van der Waals surface area contributed by atoms with Gasteiger partial charge >= 0.3 is 12.1 Å². The van der Waals surface area contributed by atoms with Crippen LogP contribution in [0.1, 0.15) is 18.4 Å². The molecule has 0 radical (unpaired) electrons. The van der Waals surface area contributed by atoms with Gasteiger partial charge in [-0.25, -0.2) is 0 Å². The van der Waals surface area contributed by atoms with Crippen LogP contribution in [0.4, 0.5) is 24.5 Å². The largest absolute Gasteiger partial charge is 0.481 e. The van der Waals surface area contributed by atoms with Crippen molar-refractivity contribution in [1.82, 2.24) is 0 Å². The van der Waals surface area contributed by atoms with Gasteiger partial charge in [-0.3, -0.25) is 14.9 Å². The molecule has 0 aromatic heterocycles. The number of alkyl halides is 3. The smallest absolute Gasteiger partial charge is 0.416 e. The third kappa shape index (κ3) is 3.29. The molecule has 0 unspecified atom stereocenters. The predicted molar refractivity (Wildman–Crippen MR) is 70.7 cm³/mol. The van der Waals surface area contributed by atoms with Crippen molar-refractivity contribution >= 4 is 17.3 Å². The van der Waals surface area contributed by atoms with E-state index >= 15 is 0 Å². The van der Waals surface area contributed by atoms with E-state index in [4.69, 9.17) is 5.11 Å². The molecule has 1 aliphatic heterocycles. The normalized spacial score (nSPS) is 19.0. The van der Waals surface area contributed by atoms with Gasteiger partial charge < -0.3 is 10.0 Å². The molecule has 6 nitrogen and oxygen atoms in total. The molecule has 9 heteroatoms. The molecule has 1 fully saturated rings. The van der Waals surface area contributed by atoms with E-state index in [1.807, 2.05) is 0 Å². The number of carboxylic acid groups (broad SMARTS) is 1. The zero-order valence-electron chi connectivity index (χ0n) is 11.3. The summed E-state index contributed by atoms with van der Waals surface area (Å²) >= 11 is 0. The van der Waals surface area contributed by atoms with Crippen LogP contribution in [0.2, 0.25) is 0 Å². The first-order valence-corrected chi connectivity index (χ1v) is 6.53. The Bertz CT molecular complexity index is 603. The van der Waals surface area contributed by atoms with E-state index in [0.29, 0.717) is 25.5 Å². The lowest BCUT2D eigenvalue weighted by molar-refractivity contribution is -0.384. The van der Waals surface area contributed by atoms with E-state index in [0.717, 1.165) is 12.1 Å². The van der Waals surface area contributed by atoms with Crippen LogP contribution in [0.5, 0.6) is 0 Å². The van der Waals surface area contributed by atoms with E-state index in [2.05, 4.69) is 0 Å². The van der Waals surface area contributed by atoms with E-state index in [1.165, 1.54) is 4.90 Å². The van der Waals surface area contributed by atoms with Gasteiger partial charge in [0.1, 0.15) is 5.69 Å². The Labute approximate surface area is 123 Å². The number of aliphatic carboxylic acids is 1. The molecule has 1 heterocycles. The van der Waals surface area contributed by atoms with Crippen molar-refractivity contribution < 1.29 is 28.0 Å². The molecule has 1 atom stereocenters. The van der Waals surface area contributed by atoms with Gasteiger partial charge in [0.2, 0.25) is 0 Å². The van der Waals surface area contributed by atoms with Crippen LogP contribution >= 0.6 is 0 Å². The summed E-state index contributed by atoms with van der Waals surface area (Å²) in [5.74, 6) is -1.70. The maximum absolute atomic E-state index is 12.7. The van der Waals surface area contributed by atoms with E-state index in [-0.39, 0.29) is 12.2 Å². The second-order valence-corrected chi connectivity index (χ2v) is 5.08. The van der Waals surface area contributed by atoms with Crippen molar-refractivity contribution in [3.05, 3.63) is 33.9 Å². The van der Waals surface area contributed by atoms with Gasteiger partial charge in [-0.05, 0) is 25.0 Å². The fourth-order valence-electron chi connectivity index (χ4n) is 2.51. The zero-order chi connectivity index (χ0) is 16.5. The molecule has 1 N–H and O–H groups in total. The second kappa shape index (κ2) is 5.82. The number of carbonyl (C=O) groups is 1. The predicted octanol–water partition coefficient (Wildman–Crippen LogP) is 2.91. The standard InChI is InChI=1S/C13H13F3N2O4/c14-13(15,16)9-3-4-10(11(6-9)18(21)22)17-5-1-2-8(7-17)12(19)20/h3-4,6,8H,1-2,5,7H2,(H,19,20)/t8-/m1/s1. The van der Waals surface area contributed by atoms with Crippen molar-refractivity contribution in [3.8, 4) is 0 Å². The molecule has 1 aromatic rings. The molecule has 0 amide bonds. The average Bonchev–Trinajstić information content (AvgIpc) is 2.45. The SMILES string of the molecule is O=C(O)[C@@H]1CCCN(c2ccc(C(F)(F)F)cc2[N+](=O)[O-])C1. The van der Waals surface area contributed by atoms with Crippen LogP contribution in [0.25, 0.3) is 0 Å². The fourth-order valence-corrected chi connectivity index (χ4v) is 2.51. The first kappa shape index (κ1) is 16.1. The summed E-state index contributed by atoms with van der Waals surface area (Å²) in [5.41, 5.74) is -1.75. The van der Waals surface area contributed by atoms with Crippen LogP contribution in [0.3, 0.4) is 0 Å². The van der Waals surface area contributed by atoms with Crippen LogP contribution < -0.4 is 4.90 Å². The number of hydrogen-bond donors (Lipinski definition) is 1. The quantitative estimate of drug-likeness (QED) is 0.684. The Balaban J connectivity index is 2.38. The molecule has 0 spiro atoms. The van der Waals surface area contributed by atoms with Crippen LogP contribution in [0.15, 0.2) is 18.2 Å². The number of nitrogens with zero attached hydrogens (tertiary/aromatic N) is 2. The van der Waals surface area contributed by atoms with Crippen LogP contribution in [0, 0.1) is 16.0 Å². The molecule has 0 aliphatic carbocycles. The molecule has 0 saturated carbocycles. The highest BCUT2D eigenvalue weighted by Crippen LogP contribution is 2.37. The van der Waals surface area contributed by atoms with E-state index in [9.17, 15) is 28.1 Å². The maximum atomic E-state index is 12.7. The third-order valence-corrected chi connectivity index (χ3v) is 3.61. The number of nitro groups is 1. The van der Waals surface area contributed by atoms with Crippen molar-refractivity contribution in [1.29, 1.82) is 0 Å². The van der Waals surface area contributed by atoms with Gasteiger partial charge in [-0.1, -0.05) is 0 Å². The Kier molecular flexibility index (Phi) is 4.25. The zero-order valence-corrected chi connectivity index (χ0v) is 11.3. The lowest BCUT2D eigenvalue weighted by Gasteiger charge is -2.32. The second-order valence-electron chi connectivity index (χ2n) is 5.08. The Morgan fingerprint density at radius 3 is 2.64 bits per heavy atom. The first-order valence-electron chi connectivity index (χ1n) is 6.53. The molecule has 22 heavy (non-hydrogen) atoms. The van der Waals surface area contributed by atoms with Crippen molar-refractivity contribution in [2.45, 2.75) is 19.0 Å². The molecule has 120 valence electrons. The minimum atomic E-state index is -4.67. The van der Waals surface area contributed by atoms with Gasteiger partial charge in [-0.2, -0.15) is 13.2 Å². The summed E-state index contributed by atoms with van der Waals surface area (Å²) in [5, 5.41) is 20.1. The molecule has 0 bridgehead atoms. The summed E-state index contributed by atoms with van der Waals surface area (Å²) < 4.78 is 38.0. The van der Waals surface area contributed by atoms with Gasteiger partial charge in [-0.15, -0.1) is 0 Å². The molecular weight excluding hydrogens is 305 g/mol. The summed E-state index contributed by atoms with van der Waals surface area (Å²) in [7, 11) is 0. The Hall–Kier alpha value is -2.32. The van der Waals surface area contributed by atoms with Crippen LogP contribution in [-0.2, 0) is 11.0 Å². The highest BCUT2D eigenvalue weighted by molar-refractivity contribution is 5.72. The summed E-state index contributed by atoms with van der Waals surface area (Å²) in [6.07, 6.45) is -3.72. The van der Waals surface area contributed by atoms with Gasteiger partial charge in [0, 0.05) is 19.2 Å². The summed E-state index contributed by atoms with van der Waals surface area (Å²) in [4.78, 5) is 22.7. The number of nitro benzene ring substituents is 1. The number of halogens is 3.